The summed E-state index contributed by atoms with van der Waals surface area (Å²) in [5.74, 6) is -0.414. The van der Waals surface area contributed by atoms with Crippen LogP contribution in [0.4, 0.5) is 0 Å². The van der Waals surface area contributed by atoms with Crippen LogP contribution in [0.5, 0.6) is 0 Å². The Bertz CT molecular complexity index is 2070. The number of hydrogen-bond acceptors (Lipinski definition) is 10. The molecular formula is C44H58N6O6S. The molecule has 6 atom stereocenters. The van der Waals surface area contributed by atoms with Crippen LogP contribution in [0.2, 0.25) is 0 Å². The number of benzene rings is 1. The highest BCUT2D eigenvalue weighted by Gasteiger charge is 2.49. The fourth-order valence-corrected chi connectivity index (χ4v) is 9.67. The summed E-state index contributed by atoms with van der Waals surface area (Å²) in [6, 6.07) is 5.14. The summed E-state index contributed by atoms with van der Waals surface area (Å²) in [6.45, 7) is 18.5. The van der Waals surface area contributed by atoms with Gasteiger partial charge in [0.1, 0.15) is 12.1 Å². The van der Waals surface area contributed by atoms with Gasteiger partial charge in [0.15, 0.2) is 0 Å². The van der Waals surface area contributed by atoms with Gasteiger partial charge in [0.2, 0.25) is 5.91 Å². The smallest absolute Gasteiger partial charge is 0.324 e. The highest BCUT2D eigenvalue weighted by Crippen LogP contribution is 2.46. The molecule has 13 heteroatoms. The van der Waals surface area contributed by atoms with Crippen LogP contribution in [0.3, 0.4) is 0 Å². The lowest BCUT2D eigenvalue weighted by atomic mass is 9.84. The van der Waals surface area contributed by atoms with E-state index in [0.29, 0.717) is 39.0 Å². The van der Waals surface area contributed by atoms with Gasteiger partial charge in [-0.3, -0.25) is 24.4 Å². The van der Waals surface area contributed by atoms with E-state index in [2.05, 4.69) is 67.8 Å². The summed E-state index contributed by atoms with van der Waals surface area (Å²) in [4.78, 5) is 51.4. The van der Waals surface area contributed by atoms with Crippen LogP contribution in [0.25, 0.3) is 27.7 Å². The van der Waals surface area contributed by atoms with E-state index in [1.807, 2.05) is 25.3 Å². The molecule has 6 bridgehead atoms. The lowest BCUT2D eigenvalue weighted by Crippen LogP contribution is -2.60. The Kier molecular flexibility index (Phi) is 12.2. The molecule has 3 aliphatic heterocycles. The number of esters is 1. The summed E-state index contributed by atoms with van der Waals surface area (Å²) in [5, 5.41) is 8.42. The van der Waals surface area contributed by atoms with E-state index in [1.54, 1.807) is 13.3 Å². The quantitative estimate of drug-likeness (QED) is 0.146. The lowest BCUT2D eigenvalue weighted by molar-refractivity contribution is -0.155. The van der Waals surface area contributed by atoms with Crippen molar-refractivity contribution >= 4 is 51.8 Å². The van der Waals surface area contributed by atoms with Crippen LogP contribution in [-0.2, 0) is 41.4 Å². The number of rotatable bonds is 8. The Balaban J connectivity index is 1.40. The van der Waals surface area contributed by atoms with Gasteiger partial charge in [-0.1, -0.05) is 46.4 Å². The lowest BCUT2D eigenvalue weighted by Gasteiger charge is -2.35. The maximum atomic E-state index is 14.2. The molecule has 2 saturated heterocycles. The number of carbonyl (C=O) groups is 3. The van der Waals surface area contributed by atoms with Crippen LogP contribution in [0.15, 0.2) is 46.9 Å². The number of hydrazine groups is 1. The molecule has 2 amide bonds. The Hall–Kier alpha value is -4.17. The molecule has 2 N–H and O–H groups in total. The number of methoxy groups -OCH3 is 1. The van der Waals surface area contributed by atoms with Crippen molar-refractivity contribution in [1.29, 1.82) is 0 Å². The predicted molar refractivity (Wildman–Crippen MR) is 224 cm³/mol. The molecule has 57 heavy (non-hydrogen) atoms. The zero-order valence-electron chi connectivity index (χ0n) is 34.4. The number of hydrogen-bond donors (Lipinski definition) is 2. The predicted octanol–water partition coefficient (Wildman–Crippen LogP) is 6.69. The van der Waals surface area contributed by atoms with Gasteiger partial charge in [-0.2, -0.15) is 0 Å². The summed E-state index contributed by atoms with van der Waals surface area (Å²) in [7, 11) is 1.69. The summed E-state index contributed by atoms with van der Waals surface area (Å²) >= 11 is 1.48. The molecule has 0 radical (unpaired) electrons. The minimum absolute atomic E-state index is 0.120. The average molecular weight is 799 g/mol. The number of nitrogens with zero attached hydrogens (tertiary/aromatic N) is 4. The normalized spacial score (nSPS) is 26.8. The van der Waals surface area contributed by atoms with E-state index in [-0.39, 0.29) is 54.7 Å². The number of aromatic nitrogens is 2. The van der Waals surface area contributed by atoms with Crippen molar-refractivity contribution in [1.82, 2.24) is 25.3 Å². The number of ether oxygens (including phenoxy) is 3. The number of thiazole rings is 1. The van der Waals surface area contributed by atoms with Crippen LogP contribution >= 0.6 is 11.3 Å². The number of allylic oxidation sites excluding steroid dienone is 2. The third-order valence-electron chi connectivity index (χ3n) is 12.4. The van der Waals surface area contributed by atoms with Crippen LogP contribution in [0, 0.1) is 23.2 Å². The maximum absolute atomic E-state index is 14.2. The van der Waals surface area contributed by atoms with Gasteiger partial charge in [0.05, 0.1) is 34.8 Å². The van der Waals surface area contributed by atoms with Crippen molar-refractivity contribution < 1.29 is 28.6 Å². The number of nitrogens with one attached hydrogen (secondary N) is 2. The van der Waals surface area contributed by atoms with Gasteiger partial charge in [-0.05, 0) is 75.5 Å². The van der Waals surface area contributed by atoms with E-state index in [4.69, 9.17) is 24.2 Å². The molecule has 306 valence electrons. The number of amides is 2. The first-order valence-electron chi connectivity index (χ1n) is 20.5. The van der Waals surface area contributed by atoms with Crippen molar-refractivity contribution in [3.05, 3.63) is 58.2 Å². The van der Waals surface area contributed by atoms with E-state index in [0.717, 1.165) is 62.5 Å². The fraction of sp³-hybridized carbons (Fsp3) is 0.568. The summed E-state index contributed by atoms with van der Waals surface area (Å²) in [6.07, 6.45) is 7.05. The number of aliphatic imine (C=N–C) groups is 1. The Morgan fingerprint density at radius 3 is 2.63 bits per heavy atom. The molecule has 3 fully saturated rings. The van der Waals surface area contributed by atoms with Gasteiger partial charge in [0.25, 0.3) is 5.91 Å². The van der Waals surface area contributed by atoms with Crippen molar-refractivity contribution in [3.63, 3.8) is 0 Å². The van der Waals surface area contributed by atoms with Gasteiger partial charge < -0.3 is 24.1 Å². The molecule has 0 spiro atoms. The Morgan fingerprint density at radius 1 is 1.19 bits per heavy atom. The molecule has 7 rings (SSSR count). The standard InChI is InChI=1S/C44H58N6O6S/c1-9-30(39(45-10-2)27(5)54-8)40-32-22-44(6,7)24-56-43(53)33-12-11-17-49(48-33)42(52)34(47-41(51)38-25(3)26(38)4)21-37-46-35(23-57-37)28-13-14-36(31(32)20-28)50(40)29-15-18-55-19-16-29/h9-10,13-14,20,23,25-27,29,33-34,38,48H,1,11-12,15-19,21-22,24H2,2-8H3,(H,47,51)/b39-30+,45-10-/t25-,26+,27-,33-,34-,38+/m0/s1. The fourth-order valence-electron chi connectivity index (χ4n) is 8.82. The molecule has 2 aromatic heterocycles. The first kappa shape index (κ1) is 41.0. The van der Waals surface area contributed by atoms with Crippen LogP contribution in [0.1, 0.15) is 89.5 Å². The molecule has 1 aromatic carbocycles. The minimum Gasteiger partial charge on any atom is -0.464 e. The Morgan fingerprint density at radius 2 is 1.95 bits per heavy atom. The second-order valence-electron chi connectivity index (χ2n) is 16.9. The number of fused-ring (bicyclic) bond motifs is 6. The molecule has 1 aliphatic carbocycles. The third-order valence-corrected chi connectivity index (χ3v) is 13.2. The van der Waals surface area contributed by atoms with Crippen molar-refractivity contribution in [2.24, 2.45) is 28.2 Å². The molecule has 4 aliphatic rings. The van der Waals surface area contributed by atoms with Crippen LogP contribution < -0.4 is 10.7 Å². The highest BCUT2D eigenvalue weighted by atomic mass is 32.1. The SMILES string of the molecule is C=C/C(=C(\N=C/C)[C@H](C)OC)c1c2c3cc(ccc3n1C1CCOCC1)-c1csc(n1)C[C@H](NC(=O)[C@H]1[C@H](C)[C@@H]1C)C(=O)N1CCC[C@H](N1)C(=O)OCC(C)(C)C2. The van der Waals surface area contributed by atoms with Crippen molar-refractivity contribution in [2.75, 3.05) is 33.5 Å². The zero-order chi connectivity index (χ0) is 40.6. The molecule has 5 heterocycles. The largest absolute Gasteiger partial charge is 0.464 e. The van der Waals surface area contributed by atoms with Crippen molar-refractivity contribution in [2.45, 2.75) is 104 Å². The number of cyclic esters (lactones) is 1. The second-order valence-corrected chi connectivity index (χ2v) is 17.9. The molecule has 1 saturated carbocycles. The average Bonchev–Trinajstić information content (AvgIpc) is 3.48. The zero-order valence-corrected chi connectivity index (χ0v) is 35.2. The highest BCUT2D eigenvalue weighted by molar-refractivity contribution is 7.10. The van der Waals surface area contributed by atoms with Crippen molar-refractivity contribution in [3.8, 4) is 11.3 Å². The monoisotopic (exact) mass is 798 g/mol. The summed E-state index contributed by atoms with van der Waals surface area (Å²) in [5.41, 5.74) is 9.32. The van der Waals surface area contributed by atoms with E-state index in [1.165, 1.54) is 16.3 Å². The van der Waals surface area contributed by atoms with Gasteiger partial charge in [-0.15, -0.1) is 11.3 Å². The maximum Gasteiger partial charge on any atom is 0.324 e. The third kappa shape index (κ3) is 8.39. The molecule has 0 unspecified atom stereocenters. The summed E-state index contributed by atoms with van der Waals surface area (Å²) < 4.78 is 20.3. The first-order valence-corrected chi connectivity index (χ1v) is 21.4. The van der Waals surface area contributed by atoms with Gasteiger partial charge >= 0.3 is 5.97 Å². The molecule has 3 aromatic rings. The second kappa shape index (κ2) is 17.0. The topological polar surface area (TPSA) is 136 Å². The first-order chi connectivity index (χ1) is 27.3. The van der Waals surface area contributed by atoms with E-state index < -0.39 is 23.5 Å². The van der Waals surface area contributed by atoms with Gasteiger partial charge in [0, 0.05) is 84.3 Å². The van der Waals surface area contributed by atoms with Gasteiger partial charge in [-0.25, -0.2) is 10.4 Å². The Labute approximate surface area is 340 Å². The molecule has 12 nitrogen and oxygen atoms in total. The van der Waals surface area contributed by atoms with E-state index >= 15 is 0 Å². The molecular weight excluding hydrogens is 741 g/mol. The van der Waals surface area contributed by atoms with E-state index in [9.17, 15) is 14.4 Å². The minimum atomic E-state index is -0.847. The number of carbonyl (C=O) groups excluding carboxylic acids is 3. The van der Waals surface area contributed by atoms with Crippen LogP contribution in [-0.4, -0.2) is 90.2 Å².